The van der Waals surface area contributed by atoms with Gasteiger partial charge in [0, 0.05) is 48.6 Å². The second-order valence-electron chi connectivity index (χ2n) is 9.84. The molecule has 1 spiro atoms. The zero-order valence-corrected chi connectivity index (χ0v) is 19.8. The normalized spacial score (nSPS) is 22.1. The van der Waals surface area contributed by atoms with Gasteiger partial charge in [-0.1, -0.05) is 42.5 Å². The van der Waals surface area contributed by atoms with Gasteiger partial charge < -0.3 is 10.2 Å². The second-order valence-corrected chi connectivity index (χ2v) is 9.84. The van der Waals surface area contributed by atoms with E-state index in [0.29, 0.717) is 24.1 Å². The Bertz CT molecular complexity index is 1500. The number of carbonyl (C=O) groups is 3. The van der Waals surface area contributed by atoms with E-state index >= 15 is 0 Å². The molecule has 1 saturated heterocycles. The van der Waals surface area contributed by atoms with Gasteiger partial charge in [0.2, 0.25) is 0 Å². The van der Waals surface area contributed by atoms with Crippen LogP contribution in [-0.4, -0.2) is 51.4 Å². The third-order valence-electron chi connectivity index (χ3n) is 7.86. The maximum atomic E-state index is 14.1. The number of H-pyrrole nitrogens is 1. The summed E-state index contributed by atoms with van der Waals surface area (Å²) in [6, 6.07) is 22.6. The molecule has 8 nitrogen and oxygen atoms in total. The third-order valence-corrected chi connectivity index (χ3v) is 7.86. The van der Waals surface area contributed by atoms with Gasteiger partial charge in [0.1, 0.15) is 5.54 Å². The molecule has 0 saturated carbocycles. The molecule has 3 aromatic carbocycles. The predicted octanol–water partition coefficient (Wildman–Crippen LogP) is 3.74. The molecule has 0 aliphatic carbocycles. The third kappa shape index (κ3) is 3.15. The molecule has 4 aromatic rings. The molecule has 3 aliphatic rings. The average molecular weight is 490 g/mol. The minimum absolute atomic E-state index is 0.0543. The molecular formula is C29H23N5O3. The second kappa shape index (κ2) is 7.89. The van der Waals surface area contributed by atoms with E-state index in [9.17, 15) is 14.4 Å². The van der Waals surface area contributed by atoms with Crippen molar-refractivity contribution >= 4 is 29.1 Å². The van der Waals surface area contributed by atoms with Gasteiger partial charge in [-0.25, -0.2) is 0 Å². The number of para-hydroxylation sites is 1. The number of imide groups is 1. The number of hydrogen-bond acceptors (Lipinski definition) is 5. The van der Waals surface area contributed by atoms with Crippen molar-refractivity contribution in [3.8, 4) is 11.1 Å². The Morgan fingerprint density at radius 1 is 0.865 bits per heavy atom. The fraction of sp³-hybridized carbons (Fsp3) is 0.172. The molecule has 2 unspecified atom stereocenters. The van der Waals surface area contributed by atoms with Crippen molar-refractivity contribution in [1.29, 1.82) is 0 Å². The van der Waals surface area contributed by atoms with Crippen molar-refractivity contribution in [2.24, 2.45) is 5.92 Å². The van der Waals surface area contributed by atoms with Crippen LogP contribution in [0, 0.1) is 5.92 Å². The minimum Gasteiger partial charge on any atom is -0.370 e. The largest absolute Gasteiger partial charge is 0.370 e. The average Bonchev–Trinajstić information content (AvgIpc) is 3.70. The molecule has 0 bridgehead atoms. The van der Waals surface area contributed by atoms with Gasteiger partial charge in [-0.3, -0.25) is 24.4 Å². The molecule has 2 atom stereocenters. The smallest absolute Gasteiger partial charge is 0.261 e. The van der Waals surface area contributed by atoms with Crippen molar-refractivity contribution in [2.45, 2.75) is 12.0 Å². The summed E-state index contributed by atoms with van der Waals surface area (Å²) in [5.74, 6) is -0.965. The fourth-order valence-corrected chi connectivity index (χ4v) is 5.94. The SMILES string of the molecule is O=C1c2ccccc2C(=O)N1CC1CN(c2ccc(-c3cn[nH]c3)cc2)C(=O)C12Cc1ccccc1N2. The van der Waals surface area contributed by atoms with Gasteiger partial charge in [0.15, 0.2) is 0 Å². The van der Waals surface area contributed by atoms with Crippen LogP contribution >= 0.6 is 0 Å². The van der Waals surface area contributed by atoms with Crippen LogP contribution in [0.25, 0.3) is 11.1 Å². The van der Waals surface area contributed by atoms with Crippen LogP contribution in [0.15, 0.2) is 85.2 Å². The van der Waals surface area contributed by atoms with Gasteiger partial charge in [0.25, 0.3) is 17.7 Å². The quantitative estimate of drug-likeness (QED) is 0.426. The van der Waals surface area contributed by atoms with Crippen LogP contribution in [0.5, 0.6) is 0 Å². The maximum absolute atomic E-state index is 14.1. The number of nitrogens with zero attached hydrogens (tertiary/aromatic N) is 3. The lowest BCUT2D eigenvalue weighted by atomic mass is 9.83. The number of anilines is 2. The highest BCUT2D eigenvalue weighted by Crippen LogP contribution is 2.44. The monoisotopic (exact) mass is 489 g/mol. The Morgan fingerprint density at radius 2 is 1.57 bits per heavy atom. The summed E-state index contributed by atoms with van der Waals surface area (Å²) >= 11 is 0. The number of hydrogen-bond donors (Lipinski definition) is 2. The van der Waals surface area contributed by atoms with Crippen molar-refractivity contribution < 1.29 is 14.4 Å². The van der Waals surface area contributed by atoms with Crippen molar-refractivity contribution in [3.05, 3.63) is 102 Å². The van der Waals surface area contributed by atoms with Gasteiger partial charge in [-0.2, -0.15) is 5.10 Å². The van der Waals surface area contributed by atoms with Crippen LogP contribution in [0.4, 0.5) is 11.4 Å². The first kappa shape index (κ1) is 21.6. The van der Waals surface area contributed by atoms with Crippen molar-refractivity contribution in [1.82, 2.24) is 15.1 Å². The van der Waals surface area contributed by atoms with E-state index in [0.717, 1.165) is 28.1 Å². The zero-order chi connectivity index (χ0) is 25.1. The standard InChI is InChI=1S/C29H23N5O3/c35-26-23-6-2-3-7-24(23)27(36)34(26)17-21-16-33(22-11-9-18(10-12-22)20-14-30-31-15-20)28(37)29(21)13-19-5-1-4-8-25(19)32-29/h1-12,14-15,21,32H,13,16-17H2,(H,30,31). The first-order valence-electron chi connectivity index (χ1n) is 12.3. The van der Waals surface area contributed by atoms with E-state index < -0.39 is 5.54 Å². The number of carbonyl (C=O) groups excluding carboxylic acids is 3. The predicted molar refractivity (Wildman–Crippen MR) is 138 cm³/mol. The Labute approximate surface area is 212 Å². The van der Waals surface area contributed by atoms with Crippen molar-refractivity contribution in [3.63, 3.8) is 0 Å². The van der Waals surface area contributed by atoms with Gasteiger partial charge >= 0.3 is 0 Å². The van der Waals surface area contributed by atoms with Crippen LogP contribution < -0.4 is 10.2 Å². The van der Waals surface area contributed by atoms with E-state index in [1.54, 1.807) is 35.4 Å². The Morgan fingerprint density at radius 3 is 2.24 bits per heavy atom. The number of rotatable bonds is 4. The molecule has 0 radical (unpaired) electrons. The molecule has 182 valence electrons. The van der Waals surface area contributed by atoms with E-state index in [1.807, 2.05) is 54.7 Å². The summed E-state index contributed by atoms with van der Waals surface area (Å²) < 4.78 is 0. The van der Waals surface area contributed by atoms with Crippen LogP contribution in [0.1, 0.15) is 26.3 Å². The van der Waals surface area contributed by atoms with Crippen LogP contribution in [0.2, 0.25) is 0 Å². The highest BCUT2D eigenvalue weighted by atomic mass is 16.2. The van der Waals surface area contributed by atoms with E-state index in [2.05, 4.69) is 15.5 Å². The van der Waals surface area contributed by atoms with Crippen molar-refractivity contribution in [2.75, 3.05) is 23.3 Å². The molecule has 7 rings (SSSR count). The van der Waals surface area contributed by atoms with Crippen LogP contribution in [0.3, 0.4) is 0 Å². The minimum atomic E-state index is -0.942. The summed E-state index contributed by atoms with van der Waals surface area (Å²) in [5, 5.41) is 10.3. The first-order chi connectivity index (χ1) is 18.0. The fourth-order valence-electron chi connectivity index (χ4n) is 5.94. The van der Waals surface area contributed by atoms with Gasteiger partial charge in [-0.15, -0.1) is 0 Å². The van der Waals surface area contributed by atoms with E-state index in [1.165, 1.54) is 4.90 Å². The summed E-state index contributed by atoms with van der Waals surface area (Å²) in [7, 11) is 0. The Balaban J connectivity index is 1.24. The summed E-state index contributed by atoms with van der Waals surface area (Å²) in [6.45, 7) is 0.543. The molecule has 8 heteroatoms. The molecule has 3 aliphatic heterocycles. The maximum Gasteiger partial charge on any atom is 0.261 e. The molecule has 1 fully saturated rings. The number of aromatic amines is 1. The van der Waals surface area contributed by atoms with Gasteiger partial charge in [0.05, 0.1) is 17.3 Å². The lowest BCUT2D eigenvalue weighted by Crippen LogP contribution is -2.52. The molecule has 3 amide bonds. The molecule has 37 heavy (non-hydrogen) atoms. The summed E-state index contributed by atoms with van der Waals surface area (Å²) in [6.07, 6.45) is 4.07. The van der Waals surface area contributed by atoms with E-state index in [4.69, 9.17) is 0 Å². The lowest BCUT2D eigenvalue weighted by Gasteiger charge is -2.31. The highest BCUT2D eigenvalue weighted by Gasteiger charge is 2.58. The lowest BCUT2D eigenvalue weighted by molar-refractivity contribution is -0.121. The summed E-state index contributed by atoms with van der Waals surface area (Å²) in [5.41, 5.74) is 4.60. The Kier molecular flexibility index (Phi) is 4.60. The number of fused-ring (bicyclic) bond motifs is 2. The number of nitrogens with one attached hydrogen (secondary N) is 2. The molecule has 1 aromatic heterocycles. The number of amides is 3. The topological polar surface area (TPSA) is 98.4 Å². The molecule has 2 N–H and O–H groups in total. The van der Waals surface area contributed by atoms with Crippen LogP contribution in [-0.2, 0) is 11.2 Å². The van der Waals surface area contributed by atoms with Gasteiger partial charge in [-0.05, 0) is 41.5 Å². The first-order valence-corrected chi connectivity index (χ1v) is 12.3. The van der Waals surface area contributed by atoms with E-state index in [-0.39, 0.29) is 30.2 Å². The summed E-state index contributed by atoms with van der Waals surface area (Å²) in [4.78, 5) is 43.6. The zero-order valence-electron chi connectivity index (χ0n) is 19.8. The highest BCUT2D eigenvalue weighted by molar-refractivity contribution is 6.21. The number of benzene rings is 3. The number of aromatic nitrogens is 2. The molecule has 4 heterocycles. The Hall–Kier alpha value is -4.72. The molecular weight excluding hydrogens is 466 g/mol.